The van der Waals surface area contributed by atoms with E-state index < -0.39 is 5.60 Å². The number of rotatable bonds is 3. The minimum Gasteiger partial charge on any atom is -0.453 e. The molecule has 1 aliphatic heterocycles. The lowest BCUT2D eigenvalue weighted by molar-refractivity contribution is -0.0133. The van der Waals surface area contributed by atoms with Crippen LogP contribution in [0.4, 0.5) is 0 Å². The lowest BCUT2D eigenvalue weighted by Gasteiger charge is -2.22. The lowest BCUT2D eigenvalue weighted by atomic mass is 10.1. The van der Waals surface area contributed by atoms with E-state index in [0.29, 0.717) is 18.8 Å². The van der Waals surface area contributed by atoms with Gasteiger partial charge in [0.2, 0.25) is 0 Å². The number of ether oxygens (including phenoxy) is 2. The normalized spacial score (nSPS) is 23.4. The van der Waals surface area contributed by atoms with Crippen LogP contribution in [0.5, 0.6) is 0 Å². The minimum absolute atomic E-state index is 0.298. The quantitative estimate of drug-likeness (QED) is 0.751. The third kappa shape index (κ3) is 2.74. The zero-order valence-electron chi connectivity index (χ0n) is 9.94. The van der Waals surface area contributed by atoms with Crippen molar-refractivity contribution in [3.63, 3.8) is 0 Å². The fourth-order valence-electron chi connectivity index (χ4n) is 1.77. The van der Waals surface area contributed by atoms with Crippen LogP contribution < -0.4 is 0 Å². The van der Waals surface area contributed by atoms with Crippen LogP contribution in [0.2, 0.25) is 0 Å². The van der Waals surface area contributed by atoms with Gasteiger partial charge in [-0.05, 0) is 24.6 Å². The molecule has 0 spiro atoms. The maximum absolute atomic E-state index is 11.9. The van der Waals surface area contributed by atoms with Crippen molar-refractivity contribution in [1.82, 2.24) is 0 Å². The predicted octanol–water partition coefficient (Wildman–Crippen LogP) is 2.67. The molecule has 90 valence electrons. The van der Waals surface area contributed by atoms with Crippen LogP contribution in [-0.2, 0) is 9.47 Å². The molecule has 1 unspecified atom stereocenters. The molecule has 0 amide bonds. The molecule has 1 aromatic rings. The number of hydrogen-bond acceptors (Lipinski definition) is 3. The van der Waals surface area contributed by atoms with Crippen LogP contribution in [-0.4, -0.2) is 24.8 Å². The molecule has 0 radical (unpaired) electrons. The summed E-state index contributed by atoms with van der Waals surface area (Å²) in [6.45, 7) is 6.69. The monoisotopic (exact) mass is 232 g/mol. The van der Waals surface area contributed by atoms with E-state index in [4.69, 9.17) is 9.47 Å². The molecule has 1 heterocycles. The SMILES string of the molecule is C=Cc1ccc(C(=O)OC2(C)CCOC2)cc1. The Labute approximate surface area is 101 Å². The zero-order valence-corrected chi connectivity index (χ0v) is 9.94. The summed E-state index contributed by atoms with van der Waals surface area (Å²) in [5.74, 6) is -0.298. The van der Waals surface area contributed by atoms with Crippen LogP contribution in [0.1, 0.15) is 29.3 Å². The highest BCUT2D eigenvalue weighted by Gasteiger charge is 2.33. The molecule has 1 atom stereocenters. The fourth-order valence-corrected chi connectivity index (χ4v) is 1.77. The molecule has 1 aromatic carbocycles. The first-order valence-corrected chi connectivity index (χ1v) is 5.67. The molecule has 1 aliphatic rings. The number of benzene rings is 1. The first-order valence-electron chi connectivity index (χ1n) is 5.67. The summed E-state index contributed by atoms with van der Waals surface area (Å²) in [5.41, 5.74) is 1.06. The van der Waals surface area contributed by atoms with Crippen molar-refractivity contribution >= 4 is 12.0 Å². The Bertz CT molecular complexity index is 414. The first-order chi connectivity index (χ1) is 8.13. The van der Waals surface area contributed by atoms with Crippen LogP contribution in [0.15, 0.2) is 30.8 Å². The summed E-state index contributed by atoms with van der Waals surface area (Å²) >= 11 is 0. The van der Waals surface area contributed by atoms with Gasteiger partial charge in [0.1, 0.15) is 5.60 Å². The smallest absolute Gasteiger partial charge is 0.338 e. The first kappa shape index (κ1) is 11.9. The average molecular weight is 232 g/mol. The Morgan fingerprint density at radius 3 is 2.71 bits per heavy atom. The second-order valence-corrected chi connectivity index (χ2v) is 4.47. The van der Waals surface area contributed by atoms with Crippen molar-refractivity contribution in [3.05, 3.63) is 42.0 Å². The van der Waals surface area contributed by atoms with Gasteiger partial charge in [-0.15, -0.1) is 0 Å². The van der Waals surface area contributed by atoms with Gasteiger partial charge in [-0.2, -0.15) is 0 Å². The van der Waals surface area contributed by atoms with Crippen LogP contribution >= 0.6 is 0 Å². The minimum atomic E-state index is -0.478. The highest BCUT2D eigenvalue weighted by molar-refractivity contribution is 5.89. The van der Waals surface area contributed by atoms with Gasteiger partial charge in [0.15, 0.2) is 0 Å². The molecule has 2 rings (SSSR count). The lowest BCUT2D eigenvalue weighted by Crippen LogP contribution is -2.31. The third-order valence-electron chi connectivity index (χ3n) is 2.90. The predicted molar refractivity (Wildman–Crippen MR) is 65.8 cm³/mol. The summed E-state index contributed by atoms with van der Waals surface area (Å²) < 4.78 is 10.7. The molecule has 0 bridgehead atoms. The molecule has 3 heteroatoms. The molecule has 0 N–H and O–H groups in total. The molecular formula is C14H16O3. The maximum Gasteiger partial charge on any atom is 0.338 e. The summed E-state index contributed by atoms with van der Waals surface area (Å²) in [5, 5.41) is 0. The molecule has 0 aliphatic carbocycles. The van der Waals surface area contributed by atoms with Gasteiger partial charge in [0, 0.05) is 6.42 Å². The van der Waals surface area contributed by atoms with Crippen molar-refractivity contribution < 1.29 is 14.3 Å². The summed E-state index contributed by atoms with van der Waals surface area (Å²) in [7, 11) is 0. The summed E-state index contributed by atoms with van der Waals surface area (Å²) in [6, 6.07) is 7.19. The van der Waals surface area contributed by atoms with Gasteiger partial charge in [-0.3, -0.25) is 0 Å². The van der Waals surface area contributed by atoms with Gasteiger partial charge < -0.3 is 9.47 Å². The Balaban J connectivity index is 2.06. The molecule has 0 saturated carbocycles. The van der Waals surface area contributed by atoms with Crippen molar-refractivity contribution in [2.75, 3.05) is 13.2 Å². The van der Waals surface area contributed by atoms with Crippen molar-refractivity contribution in [2.45, 2.75) is 18.9 Å². The molecule has 0 aromatic heterocycles. The average Bonchev–Trinajstić information content (AvgIpc) is 2.76. The molecular weight excluding hydrogens is 216 g/mol. The van der Waals surface area contributed by atoms with Crippen LogP contribution in [0, 0.1) is 0 Å². The number of hydrogen-bond donors (Lipinski definition) is 0. The van der Waals surface area contributed by atoms with E-state index >= 15 is 0 Å². The van der Waals surface area contributed by atoms with E-state index in [2.05, 4.69) is 6.58 Å². The summed E-state index contributed by atoms with van der Waals surface area (Å²) in [4.78, 5) is 11.9. The third-order valence-corrected chi connectivity index (χ3v) is 2.90. The topological polar surface area (TPSA) is 35.5 Å². The Hall–Kier alpha value is -1.61. The zero-order chi connectivity index (χ0) is 12.3. The molecule has 3 nitrogen and oxygen atoms in total. The standard InChI is InChI=1S/C14H16O3/c1-3-11-4-6-12(7-5-11)13(15)17-14(2)8-9-16-10-14/h3-7H,1,8-10H2,2H3. The van der Waals surface area contributed by atoms with Crippen LogP contribution in [0.25, 0.3) is 6.08 Å². The highest BCUT2D eigenvalue weighted by atomic mass is 16.6. The maximum atomic E-state index is 11.9. The summed E-state index contributed by atoms with van der Waals surface area (Å²) in [6.07, 6.45) is 2.49. The van der Waals surface area contributed by atoms with E-state index in [9.17, 15) is 4.79 Å². The van der Waals surface area contributed by atoms with Crippen molar-refractivity contribution in [3.8, 4) is 0 Å². The van der Waals surface area contributed by atoms with Gasteiger partial charge >= 0.3 is 5.97 Å². The van der Waals surface area contributed by atoms with E-state index in [1.807, 2.05) is 19.1 Å². The number of esters is 1. The highest BCUT2D eigenvalue weighted by Crippen LogP contribution is 2.23. The Kier molecular flexibility index (Phi) is 3.29. The number of carbonyl (C=O) groups is 1. The van der Waals surface area contributed by atoms with E-state index in [0.717, 1.165) is 12.0 Å². The second kappa shape index (κ2) is 4.72. The van der Waals surface area contributed by atoms with Gasteiger partial charge in [0.25, 0.3) is 0 Å². The largest absolute Gasteiger partial charge is 0.453 e. The second-order valence-electron chi connectivity index (χ2n) is 4.47. The van der Waals surface area contributed by atoms with Crippen molar-refractivity contribution in [1.29, 1.82) is 0 Å². The molecule has 17 heavy (non-hydrogen) atoms. The van der Waals surface area contributed by atoms with E-state index in [1.165, 1.54) is 0 Å². The van der Waals surface area contributed by atoms with Gasteiger partial charge in [-0.1, -0.05) is 24.8 Å². The fraction of sp³-hybridized carbons (Fsp3) is 0.357. The van der Waals surface area contributed by atoms with E-state index in [1.54, 1.807) is 18.2 Å². The Morgan fingerprint density at radius 1 is 1.47 bits per heavy atom. The van der Waals surface area contributed by atoms with Gasteiger partial charge in [-0.25, -0.2) is 4.79 Å². The number of carbonyl (C=O) groups excluding carboxylic acids is 1. The van der Waals surface area contributed by atoms with E-state index in [-0.39, 0.29) is 5.97 Å². The van der Waals surface area contributed by atoms with Crippen LogP contribution in [0.3, 0.4) is 0 Å². The van der Waals surface area contributed by atoms with Gasteiger partial charge in [0.05, 0.1) is 18.8 Å². The van der Waals surface area contributed by atoms with Crippen molar-refractivity contribution in [2.24, 2.45) is 0 Å². The Morgan fingerprint density at radius 2 is 2.18 bits per heavy atom. The molecule has 1 saturated heterocycles. The molecule has 1 fully saturated rings.